The van der Waals surface area contributed by atoms with Crippen molar-refractivity contribution in [2.75, 3.05) is 10.2 Å². The molecule has 0 spiro atoms. The molecule has 1 saturated heterocycles. The molecule has 0 aromatic heterocycles. The Balaban J connectivity index is 1.71. The van der Waals surface area contributed by atoms with E-state index in [2.05, 4.69) is 5.32 Å². The summed E-state index contributed by atoms with van der Waals surface area (Å²) >= 11 is 7.03. The van der Waals surface area contributed by atoms with Gasteiger partial charge in [0.1, 0.15) is 28.3 Å². The van der Waals surface area contributed by atoms with E-state index < -0.39 is 22.8 Å². The molecule has 1 N–H and O–H groups in total. The average molecular weight is 496 g/mol. The van der Waals surface area contributed by atoms with E-state index >= 15 is 0 Å². The minimum absolute atomic E-state index is 0.137. The Morgan fingerprint density at radius 1 is 1.00 bits per heavy atom. The number of nitrogens with one attached hydrogen (secondary N) is 1. The van der Waals surface area contributed by atoms with Crippen molar-refractivity contribution in [3.63, 3.8) is 0 Å². The summed E-state index contributed by atoms with van der Waals surface area (Å²) in [5.74, 6) is -2.05. The zero-order valence-electron chi connectivity index (χ0n) is 17.5. The standard InChI is InChI=1S/C25H16ClF2N3O2S/c26-16-3-1-15(2-4-16)13-22-24(33)31(20-11-7-18(28)8-12-20)25(34-22)21(14-29)23(32)30-19-9-5-17(27)6-10-19/h1-12,22H,13H2,(H,30,32)/b25-21+. The predicted molar refractivity (Wildman–Crippen MR) is 128 cm³/mol. The molecule has 1 unspecified atom stereocenters. The SMILES string of the molecule is N#C/C(C(=O)Nc1ccc(F)cc1)=C1\SC(Cc2ccc(Cl)cc2)C(=O)N1c1ccc(F)cc1. The highest BCUT2D eigenvalue weighted by Crippen LogP contribution is 2.42. The van der Waals surface area contributed by atoms with Crippen LogP contribution in [-0.4, -0.2) is 17.1 Å². The van der Waals surface area contributed by atoms with Gasteiger partial charge in [-0.2, -0.15) is 5.26 Å². The zero-order valence-corrected chi connectivity index (χ0v) is 19.0. The van der Waals surface area contributed by atoms with Crippen molar-refractivity contribution in [2.24, 2.45) is 0 Å². The molecular formula is C25H16ClF2N3O2S. The summed E-state index contributed by atoms with van der Waals surface area (Å²) in [6.45, 7) is 0. The van der Waals surface area contributed by atoms with E-state index in [4.69, 9.17) is 11.6 Å². The number of halogens is 3. The fourth-order valence-corrected chi connectivity index (χ4v) is 4.81. The topological polar surface area (TPSA) is 73.2 Å². The predicted octanol–water partition coefficient (Wildman–Crippen LogP) is 5.68. The lowest BCUT2D eigenvalue weighted by atomic mass is 10.1. The van der Waals surface area contributed by atoms with Gasteiger partial charge in [-0.15, -0.1) is 0 Å². The zero-order chi connectivity index (χ0) is 24.2. The molecule has 2 amide bonds. The molecule has 0 bridgehead atoms. The molecule has 3 aromatic rings. The second kappa shape index (κ2) is 10.1. The fourth-order valence-electron chi connectivity index (χ4n) is 3.37. The summed E-state index contributed by atoms with van der Waals surface area (Å²) < 4.78 is 26.7. The molecule has 0 radical (unpaired) electrons. The molecule has 5 nitrogen and oxygen atoms in total. The third-order valence-electron chi connectivity index (χ3n) is 5.03. The van der Waals surface area contributed by atoms with Crippen LogP contribution in [0.25, 0.3) is 0 Å². The number of anilines is 2. The molecule has 1 fully saturated rings. The molecule has 0 aliphatic carbocycles. The minimum Gasteiger partial charge on any atom is -0.321 e. The van der Waals surface area contributed by atoms with Crippen molar-refractivity contribution >= 4 is 46.6 Å². The number of thioether (sulfide) groups is 1. The van der Waals surface area contributed by atoms with E-state index in [-0.39, 0.29) is 16.5 Å². The van der Waals surface area contributed by atoms with Gasteiger partial charge in [0.25, 0.3) is 5.91 Å². The van der Waals surface area contributed by atoms with Crippen LogP contribution in [0, 0.1) is 23.0 Å². The van der Waals surface area contributed by atoms with Crippen molar-refractivity contribution in [1.29, 1.82) is 5.26 Å². The van der Waals surface area contributed by atoms with Gasteiger partial charge >= 0.3 is 0 Å². The van der Waals surface area contributed by atoms with Gasteiger partial charge in [-0.05, 0) is 72.6 Å². The normalized spacial score (nSPS) is 16.8. The number of carbonyl (C=O) groups is 2. The fraction of sp³-hybridized carbons (Fsp3) is 0.0800. The molecule has 1 aliphatic rings. The Morgan fingerprint density at radius 3 is 2.18 bits per heavy atom. The summed E-state index contributed by atoms with van der Waals surface area (Å²) in [6, 6.07) is 19.2. The number of hydrogen-bond acceptors (Lipinski definition) is 4. The maximum absolute atomic E-state index is 13.5. The van der Waals surface area contributed by atoms with E-state index in [1.807, 2.05) is 6.07 Å². The largest absolute Gasteiger partial charge is 0.321 e. The molecule has 1 atom stereocenters. The monoisotopic (exact) mass is 495 g/mol. The summed E-state index contributed by atoms with van der Waals surface area (Å²) in [4.78, 5) is 27.6. The van der Waals surface area contributed by atoms with Crippen LogP contribution in [0.5, 0.6) is 0 Å². The lowest BCUT2D eigenvalue weighted by Gasteiger charge is -2.18. The van der Waals surface area contributed by atoms with E-state index in [9.17, 15) is 23.6 Å². The van der Waals surface area contributed by atoms with Gasteiger partial charge in [0, 0.05) is 16.4 Å². The average Bonchev–Trinajstić information content (AvgIpc) is 3.13. The van der Waals surface area contributed by atoms with Crippen molar-refractivity contribution in [3.8, 4) is 6.07 Å². The molecule has 9 heteroatoms. The number of amides is 2. The van der Waals surface area contributed by atoms with Crippen LogP contribution < -0.4 is 10.2 Å². The second-order valence-corrected chi connectivity index (χ2v) is 8.97. The third-order valence-corrected chi connectivity index (χ3v) is 6.54. The Kier molecular flexibility index (Phi) is 6.96. The summed E-state index contributed by atoms with van der Waals surface area (Å²) in [6.07, 6.45) is 0.333. The van der Waals surface area contributed by atoms with E-state index in [1.165, 1.54) is 53.4 Å². The molecule has 170 valence electrons. The van der Waals surface area contributed by atoms with Crippen molar-refractivity contribution in [2.45, 2.75) is 11.7 Å². The van der Waals surface area contributed by atoms with Crippen LogP contribution in [0.3, 0.4) is 0 Å². The molecule has 3 aromatic carbocycles. The van der Waals surface area contributed by atoms with Crippen LogP contribution in [-0.2, 0) is 16.0 Å². The highest BCUT2D eigenvalue weighted by Gasteiger charge is 2.40. The van der Waals surface area contributed by atoms with Gasteiger partial charge in [0.05, 0.1) is 5.25 Å². The number of rotatable bonds is 5. The highest BCUT2D eigenvalue weighted by molar-refractivity contribution is 8.05. The number of benzene rings is 3. The van der Waals surface area contributed by atoms with E-state index in [1.54, 1.807) is 24.3 Å². The van der Waals surface area contributed by atoms with Gasteiger partial charge in [-0.1, -0.05) is 35.5 Å². The van der Waals surface area contributed by atoms with Crippen LogP contribution in [0.2, 0.25) is 5.02 Å². The molecule has 4 rings (SSSR count). The van der Waals surface area contributed by atoms with Gasteiger partial charge < -0.3 is 5.32 Å². The minimum atomic E-state index is -0.747. The quantitative estimate of drug-likeness (QED) is 0.365. The smallest absolute Gasteiger partial charge is 0.269 e. The maximum atomic E-state index is 13.5. The summed E-state index contributed by atoms with van der Waals surface area (Å²) in [7, 11) is 0. The Hall–Kier alpha value is -3.67. The highest BCUT2D eigenvalue weighted by atomic mass is 35.5. The summed E-state index contributed by atoms with van der Waals surface area (Å²) in [5, 5.41) is 12.5. The molecule has 34 heavy (non-hydrogen) atoms. The number of nitriles is 1. The number of hydrogen-bond donors (Lipinski definition) is 1. The van der Waals surface area contributed by atoms with Crippen molar-refractivity contribution < 1.29 is 18.4 Å². The first kappa shape index (κ1) is 23.5. The van der Waals surface area contributed by atoms with Gasteiger partial charge in [-0.3, -0.25) is 14.5 Å². The lowest BCUT2D eigenvalue weighted by Crippen LogP contribution is -2.30. The second-order valence-electron chi connectivity index (χ2n) is 7.34. The van der Waals surface area contributed by atoms with Crippen LogP contribution in [0.1, 0.15) is 5.56 Å². The van der Waals surface area contributed by atoms with Crippen LogP contribution >= 0.6 is 23.4 Å². The van der Waals surface area contributed by atoms with E-state index in [0.29, 0.717) is 22.8 Å². The Labute approximate surface area is 203 Å². The van der Waals surface area contributed by atoms with Gasteiger partial charge in [0.2, 0.25) is 5.91 Å². The molecular weight excluding hydrogens is 480 g/mol. The Morgan fingerprint density at radius 2 is 1.59 bits per heavy atom. The van der Waals surface area contributed by atoms with Crippen LogP contribution in [0.4, 0.5) is 20.2 Å². The lowest BCUT2D eigenvalue weighted by molar-refractivity contribution is -0.117. The van der Waals surface area contributed by atoms with Crippen LogP contribution in [0.15, 0.2) is 83.4 Å². The van der Waals surface area contributed by atoms with Crippen molar-refractivity contribution in [1.82, 2.24) is 0 Å². The summed E-state index contributed by atoms with van der Waals surface area (Å²) in [5.41, 5.74) is 1.19. The first-order chi connectivity index (χ1) is 16.4. The first-order valence-electron chi connectivity index (χ1n) is 10.1. The van der Waals surface area contributed by atoms with Gasteiger partial charge in [-0.25, -0.2) is 8.78 Å². The first-order valence-corrected chi connectivity index (χ1v) is 11.3. The number of nitrogens with zero attached hydrogens (tertiary/aromatic N) is 2. The van der Waals surface area contributed by atoms with Crippen molar-refractivity contribution in [3.05, 3.63) is 106 Å². The number of carbonyl (C=O) groups excluding carboxylic acids is 2. The third kappa shape index (κ3) is 5.11. The maximum Gasteiger partial charge on any atom is 0.269 e. The molecule has 1 aliphatic heterocycles. The van der Waals surface area contributed by atoms with E-state index in [0.717, 1.165) is 17.3 Å². The molecule has 0 saturated carbocycles. The Bertz CT molecular complexity index is 1300. The van der Waals surface area contributed by atoms with Gasteiger partial charge in [0.15, 0.2) is 0 Å². The molecule has 1 heterocycles.